The Morgan fingerprint density at radius 2 is 1.71 bits per heavy atom. The average molecular weight is 432 g/mol. The lowest BCUT2D eigenvalue weighted by molar-refractivity contribution is 0.0600. The maximum atomic E-state index is 13.1. The van der Waals surface area contributed by atoms with Gasteiger partial charge < -0.3 is 14.5 Å². The van der Waals surface area contributed by atoms with E-state index < -0.39 is 5.97 Å². The second kappa shape index (κ2) is 9.53. The molecule has 4 aromatic rings. The average Bonchev–Trinajstić information content (AvgIpc) is 3.18. The number of rotatable bonds is 7. The van der Waals surface area contributed by atoms with Gasteiger partial charge in [-0.1, -0.05) is 54.6 Å². The van der Waals surface area contributed by atoms with E-state index in [1.807, 2.05) is 42.5 Å². The molecular formula is C25H21NO4S. The molecule has 0 unspecified atom stereocenters. The van der Waals surface area contributed by atoms with Crippen LogP contribution in [0.5, 0.6) is 0 Å². The molecule has 0 aliphatic heterocycles. The molecule has 156 valence electrons. The third-order valence-electron chi connectivity index (χ3n) is 4.80. The van der Waals surface area contributed by atoms with Crippen molar-refractivity contribution in [2.24, 2.45) is 0 Å². The van der Waals surface area contributed by atoms with Crippen LogP contribution in [-0.4, -0.2) is 19.0 Å². The number of thioether (sulfide) groups is 1. The Kier molecular flexibility index (Phi) is 6.38. The molecule has 3 aromatic carbocycles. The number of carbonyl (C=O) groups is 2. The molecular weight excluding hydrogens is 410 g/mol. The van der Waals surface area contributed by atoms with Crippen LogP contribution in [0.1, 0.15) is 32.0 Å². The van der Waals surface area contributed by atoms with Crippen molar-refractivity contribution < 1.29 is 18.7 Å². The normalized spacial score (nSPS) is 10.7. The number of hydrogen-bond acceptors (Lipinski definition) is 5. The molecule has 0 atom stereocenters. The first kappa shape index (κ1) is 20.8. The number of methoxy groups -OCH3 is 1. The monoisotopic (exact) mass is 431 g/mol. The molecule has 1 heterocycles. The van der Waals surface area contributed by atoms with E-state index in [2.05, 4.69) is 17.4 Å². The molecule has 1 N–H and O–H groups in total. The molecule has 0 radical (unpaired) electrons. The molecule has 1 amide bonds. The van der Waals surface area contributed by atoms with Crippen LogP contribution in [0.25, 0.3) is 11.0 Å². The summed E-state index contributed by atoms with van der Waals surface area (Å²) in [5, 5.41) is 3.76. The molecule has 0 saturated carbocycles. The van der Waals surface area contributed by atoms with Crippen LogP contribution < -0.4 is 5.32 Å². The van der Waals surface area contributed by atoms with Crippen molar-refractivity contribution in [3.63, 3.8) is 0 Å². The van der Waals surface area contributed by atoms with Crippen LogP contribution in [0.2, 0.25) is 0 Å². The van der Waals surface area contributed by atoms with Crippen molar-refractivity contribution in [1.82, 2.24) is 0 Å². The van der Waals surface area contributed by atoms with Gasteiger partial charge in [-0.05, 0) is 29.8 Å². The minimum Gasteiger partial charge on any atom is -0.465 e. The van der Waals surface area contributed by atoms with Gasteiger partial charge >= 0.3 is 5.97 Å². The maximum absolute atomic E-state index is 13.1. The lowest BCUT2D eigenvalue weighted by Gasteiger charge is -2.07. The van der Waals surface area contributed by atoms with E-state index >= 15 is 0 Å². The van der Waals surface area contributed by atoms with Crippen LogP contribution in [0, 0.1) is 0 Å². The molecule has 4 rings (SSSR count). The highest BCUT2D eigenvalue weighted by Gasteiger charge is 2.21. The van der Waals surface area contributed by atoms with Crippen LogP contribution in [0.3, 0.4) is 0 Å². The van der Waals surface area contributed by atoms with Crippen LogP contribution in [0.4, 0.5) is 5.69 Å². The molecule has 1 aromatic heterocycles. The lowest BCUT2D eigenvalue weighted by atomic mass is 10.1. The Morgan fingerprint density at radius 1 is 0.935 bits per heavy atom. The summed E-state index contributed by atoms with van der Waals surface area (Å²) in [5.74, 6) is 0.941. The standard InChI is InChI=1S/C25H21NO4S/c1-29-25(28)18-10-7-11-19(14-18)26-24(27)23-21(20-12-5-6-13-22(20)30-23)16-31-15-17-8-3-2-4-9-17/h2-14H,15-16H2,1H3,(H,26,27). The first-order valence-electron chi connectivity index (χ1n) is 9.77. The number of hydrogen-bond donors (Lipinski definition) is 1. The molecule has 0 fully saturated rings. The van der Waals surface area contributed by atoms with Crippen molar-refractivity contribution in [1.29, 1.82) is 0 Å². The Balaban J connectivity index is 1.57. The molecule has 0 saturated heterocycles. The molecule has 5 nitrogen and oxygen atoms in total. The van der Waals surface area contributed by atoms with Gasteiger partial charge in [0.2, 0.25) is 0 Å². The number of furan rings is 1. The Labute approximate surface area is 184 Å². The van der Waals surface area contributed by atoms with Gasteiger partial charge in [0.25, 0.3) is 5.91 Å². The first-order valence-corrected chi connectivity index (χ1v) is 10.9. The summed E-state index contributed by atoms with van der Waals surface area (Å²) < 4.78 is 10.7. The quantitative estimate of drug-likeness (QED) is 0.369. The van der Waals surface area contributed by atoms with Gasteiger partial charge in [0, 0.05) is 28.1 Å². The zero-order valence-corrected chi connectivity index (χ0v) is 17.8. The summed E-state index contributed by atoms with van der Waals surface area (Å²) in [4.78, 5) is 24.8. The van der Waals surface area contributed by atoms with E-state index in [9.17, 15) is 9.59 Å². The van der Waals surface area contributed by atoms with Crippen molar-refractivity contribution in [2.75, 3.05) is 12.4 Å². The van der Waals surface area contributed by atoms with Gasteiger partial charge in [0.1, 0.15) is 5.58 Å². The summed E-state index contributed by atoms with van der Waals surface area (Å²) >= 11 is 1.72. The highest BCUT2D eigenvalue weighted by molar-refractivity contribution is 7.97. The first-order chi connectivity index (χ1) is 15.2. The van der Waals surface area contributed by atoms with Gasteiger partial charge in [-0.15, -0.1) is 0 Å². The molecule has 0 aliphatic carbocycles. The smallest absolute Gasteiger partial charge is 0.337 e. The van der Waals surface area contributed by atoms with Gasteiger partial charge in [-0.3, -0.25) is 4.79 Å². The van der Waals surface area contributed by atoms with Crippen molar-refractivity contribution in [3.8, 4) is 0 Å². The molecule has 0 spiro atoms. The van der Waals surface area contributed by atoms with Crippen molar-refractivity contribution in [2.45, 2.75) is 11.5 Å². The predicted molar refractivity (Wildman–Crippen MR) is 123 cm³/mol. The van der Waals surface area contributed by atoms with Gasteiger partial charge in [-0.25, -0.2) is 4.79 Å². The second-order valence-corrected chi connectivity index (χ2v) is 7.90. The van der Waals surface area contributed by atoms with E-state index in [-0.39, 0.29) is 11.7 Å². The summed E-state index contributed by atoms with van der Waals surface area (Å²) in [5.41, 5.74) is 3.62. The van der Waals surface area contributed by atoms with Crippen LogP contribution in [-0.2, 0) is 16.2 Å². The fourth-order valence-electron chi connectivity index (χ4n) is 3.30. The Hall–Kier alpha value is -3.51. The van der Waals surface area contributed by atoms with E-state index in [0.717, 1.165) is 16.7 Å². The van der Waals surface area contributed by atoms with E-state index in [4.69, 9.17) is 9.15 Å². The minimum atomic E-state index is -0.460. The second-order valence-electron chi connectivity index (χ2n) is 6.91. The number of amides is 1. The van der Waals surface area contributed by atoms with Gasteiger partial charge in [0.15, 0.2) is 5.76 Å². The van der Waals surface area contributed by atoms with Gasteiger partial charge in [0.05, 0.1) is 12.7 Å². The highest BCUT2D eigenvalue weighted by atomic mass is 32.2. The number of ether oxygens (including phenoxy) is 1. The minimum absolute atomic E-state index is 0.283. The number of nitrogens with one attached hydrogen (secondary N) is 1. The third kappa shape index (κ3) is 4.81. The van der Waals surface area contributed by atoms with Gasteiger partial charge in [-0.2, -0.15) is 11.8 Å². The summed E-state index contributed by atoms with van der Waals surface area (Å²) in [6, 6.07) is 24.5. The topological polar surface area (TPSA) is 68.5 Å². The number of fused-ring (bicyclic) bond motifs is 1. The SMILES string of the molecule is COC(=O)c1cccc(NC(=O)c2oc3ccccc3c2CSCc2ccccc2)c1. The van der Waals surface area contributed by atoms with E-state index in [1.165, 1.54) is 12.7 Å². The summed E-state index contributed by atoms with van der Waals surface area (Å²) in [6.07, 6.45) is 0. The largest absolute Gasteiger partial charge is 0.465 e. The van der Waals surface area contributed by atoms with E-state index in [1.54, 1.807) is 36.0 Å². The molecule has 0 aliphatic rings. The number of carbonyl (C=O) groups excluding carboxylic acids is 2. The summed E-state index contributed by atoms with van der Waals surface area (Å²) in [7, 11) is 1.32. The van der Waals surface area contributed by atoms with Crippen LogP contribution >= 0.6 is 11.8 Å². The fourth-order valence-corrected chi connectivity index (χ4v) is 4.32. The zero-order chi connectivity index (χ0) is 21.6. The van der Waals surface area contributed by atoms with Crippen LogP contribution in [0.15, 0.2) is 83.3 Å². The number of esters is 1. The molecule has 31 heavy (non-hydrogen) atoms. The molecule has 6 heteroatoms. The Bertz CT molecular complexity index is 1220. The van der Waals surface area contributed by atoms with E-state index in [0.29, 0.717) is 22.6 Å². The summed E-state index contributed by atoms with van der Waals surface area (Å²) in [6.45, 7) is 0. The molecule has 0 bridgehead atoms. The Morgan fingerprint density at radius 3 is 2.52 bits per heavy atom. The number of para-hydroxylation sites is 1. The zero-order valence-electron chi connectivity index (χ0n) is 17.0. The predicted octanol–water partition coefficient (Wildman–Crippen LogP) is 5.91. The number of anilines is 1. The van der Waals surface area contributed by atoms with Crippen molar-refractivity contribution in [3.05, 3.63) is 101 Å². The number of benzene rings is 3. The fraction of sp³-hybridized carbons (Fsp3) is 0.120. The maximum Gasteiger partial charge on any atom is 0.337 e. The van der Waals surface area contributed by atoms with Crippen molar-refractivity contribution >= 4 is 40.3 Å². The lowest BCUT2D eigenvalue weighted by Crippen LogP contribution is -2.13. The third-order valence-corrected chi connectivity index (χ3v) is 5.83. The highest BCUT2D eigenvalue weighted by Crippen LogP contribution is 2.31.